The normalized spacial score (nSPS) is 22.2. The summed E-state index contributed by atoms with van der Waals surface area (Å²) in [6.07, 6.45) is 2.00. The molecule has 0 aliphatic carbocycles. The topological polar surface area (TPSA) is 43.9 Å². The number of piperidine rings is 1. The molecule has 1 aromatic heterocycles. The molecule has 2 aromatic rings. The molecule has 2 aliphatic rings. The molecule has 6 heteroatoms. The molecule has 5 nitrogen and oxygen atoms in total. The molecular formula is C20H25N3O2S. The van der Waals surface area contributed by atoms with Gasteiger partial charge in [-0.3, -0.25) is 14.5 Å². The number of hydrogen-bond donors (Lipinski definition) is 0. The van der Waals surface area contributed by atoms with Crippen LogP contribution in [-0.4, -0.2) is 72.3 Å². The Kier molecular flexibility index (Phi) is 4.71. The molecule has 0 spiro atoms. The quantitative estimate of drug-likeness (QED) is 0.815. The summed E-state index contributed by atoms with van der Waals surface area (Å²) < 4.78 is 1.17. The molecule has 1 aromatic carbocycles. The van der Waals surface area contributed by atoms with E-state index in [0.717, 1.165) is 42.9 Å². The molecule has 4 rings (SSSR count). The third-order valence-electron chi connectivity index (χ3n) is 5.71. The number of piperazine rings is 1. The van der Waals surface area contributed by atoms with Crippen LogP contribution >= 0.6 is 11.3 Å². The SMILES string of the molecule is Cc1c(C(=O)N2CCN(C3CCCN(C)C3=O)CC2)sc2ccccc12. The summed E-state index contributed by atoms with van der Waals surface area (Å²) in [7, 11) is 1.89. The second-order valence-corrected chi connectivity index (χ2v) is 8.35. The Morgan fingerprint density at radius 1 is 1.12 bits per heavy atom. The molecule has 0 N–H and O–H groups in total. The Morgan fingerprint density at radius 2 is 1.85 bits per heavy atom. The smallest absolute Gasteiger partial charge is 0.264 e. The molecule has 0 bridgehead atoms. The Balaban J connectivity index is 1.45. The van der Waals surface area contributed by atoms with E-state index in [2.05, 4.69) is 17.0 Å². The first-order chi connectivity index (χ1) is 12.6. The lowest BCUT2D eigenvalue weighted by atomic mass is 10.0. The van der Waals surface area contributed by atoms with Gasteiger partial charge in [0.1, 0.15) is 0 Å². The molecule has 2 fully saturated rings. The van der Waals surface area contributed by atoms with Gasteiger partial charge in [-0.2, -0.15) is 0 Å². The number of carbonyl (C=O) groups is 2. The van der Waals surface area contributed by atoms with Crippen LogP contribution in [0.15, 0.2) is 24.3 Å². The second kappa shape index (κ2) is 7.00. The molecular weight excluding hydrogens is 346 g/mol. The number of nitrogens with zero attached hydrogens (tertiary/aromatic N) is 3. The van der Waals surface area contributed by atoms with Crippen LogP contribution in [0.2, 0.25) is 0 Å². The van der Waals surface area contributed by atoms with Crippen LogP contribution in [0.5, 0.6) is 0 Å². The molecule has 1 unspecified atom stereocenters. The number of carbonyl (C=O) groups excluding carboxylic acids is 2. The van der Waals surface area contributed by atoms with Gasteiger partial charge in [0.05, 0.1) is 10.9 Å². The average Bonchev–Trinajstić information content (AvgIpc) is 3.01. The standard InChI is InChI=1S/C20H25N3O2S/c1-14-15-6-3-4-8-17(15)26-18(14)20(25)23-12-10-22(11-13-23)16-7-5-9-21(2)19(16)24/h3-4,6,8,16H,5,7,9-13H2,1-2H3. The van der Waals surface area contributed by atoms with Gasteiger partial charge < -0.3 is 9.80 Å². The zero-order valence-electron chi connectivity index (χ0n) is 15.4. The summed E-state index contributed by atoms with van der Waals surface area (Å²) in [6.45, 7) is 5.84. The van der Waals surface area contributed by atoms with Crippen LogP contribution < -0.4 is 0 Å². The molecule has 2 aliphatic heterocycles. The maximum atomic E-state index is 13.0. The fourth-order valence-corrected chi connectivity index (χ4v) is 5.28. The fraction of sp³-hybridized carbons (Fsp3) is 0.500. The van der Waals surface area contributed by atoms with Crippen molar-refractivity contribution in [2.45, 2.75) is 25.8 Å². The van der Waals surface area contributed by atoms with Gasteiger partial charge in [-0.15, -0.1) is 11.3 Å². The molecule has 0 radical (unpaired) electrons. The number of hydrogen-bond acceptors (Lipinski definition) is 4. The number of thiophene rings is 1. The van der Waals surface area contributed by atoms with E-state index in [1.165, 1.54) is 10.1 Å². The van der Waals surface area contributed by atoms with Crippen molar-refractivity contribution in [3.05, 3.63) is 34.7 Å². The van der Waals surface area contributed by atoms with Crippen molar-refractivity contribution in [3.8, 4) is 0 Å². The molecule has 3 heterocycles. The van der Waals surface area contributed by atoms with Gasteiger partial charge >= 0.3 is 0 Å². The van der Waals surface area contributed by atoms with Crippen LogP contribution in [0.4, 0.5) is 0 Å². The first-order valence-corrected chi connectivity index (χ1v) is 10.1. The van der Waals surface area contributed by atoms with E-state index in [1.54, 1.807) is 11.3 Å². The van der Waals surface area contributed by atoms with Crippen molar-refractivity contribution in [3.63, 3.8) is 0 Å². The maximum Gasteiger partial charge on any atom is 0.264 e. The Hall–Kier alpha value is -1.92. The van der Waals surface area contributed by atoms with E-state index in [4.69, 9.17) is 0 Å². The summed E-state index contributed by atoms with van der Waals surface area (Å²) in [5.41, 5.74) is 1.09. The summed E-state index contributed by atoms with van der Waals surface area (Å²) >= 11 is 1.59. The van der Waals surface area contributed by atoms with E-state index >= 15 is 0 Å². The predicted molar refractivity (Wildman–Crippen MR) is 105 cm³/mol. The number of rotatable bonds is 2. The van der Waals surface area contributed by atoms with Gasteiger partial charge in [0.2, 0.25) is 5.91 Å². The van der Waals surface area contributed by atoms with Gasteiger partial charge in [-0.25, -0.2) is 0 Å². The van der Waals surface area contributed by atoms with E-state index in [9.17, 15) is 9.59 Å². The number of aryl methyl sites for hydroxylation is 1. The van der Waals surface area contributed by atoms with Crippen molar-refractivity contribution < 1.29 is 9.59 Å². The van der Waals surface area contributed by atoms with Crippen molar-refractivity contribution in [2.75, 3.05) is 39.8 Å². The molecule has 2 saturated heterocycles. The number of likely N-dealkylation sites (tertiary alicyclic amines) is 1. The number of benzene rings is 1. The summed E-state index contributed by atoms with van der Waals surface area (Å²) in [5, 5.41) is 1.18. The van der Waals surface area contributed by atoms with Crippen LogP contribution in [0.25, 0.3) is 10.1 Å². The van der Waals surface area contributed by atoms with Gasteiger partial charge in [0.15, 0.2) is 0 Å². The van der Waals surface area contributed by atoms with E-state index in [-0.39, 0.29) is 17.9 Å². The summed E-state index contributed by atoms with van der Waals surface area (Å²) in [6, 6.07) is 8.20. The van der Waals surface area contributed by atoms with E-state index in [1.807, 2.05) is 35.9 Å². The lowest BCUT2D eigenvalue weighted by Crippen LogP contribution is -2.57. The van der Waals surface area contributed by atoms with E-state index in [0.29, 0.717) is 13.1 Å². The fourth-order valence-electron chi connectivity index (χ4n) is 4.11. The molecule has 0 saturated carbocycles. The highest BCUT2D eigenvalue weighted by Gasteiger charge is 2.34. The monoisotopic (exact) mass is 371 g/mol. The minimum atomic E-state index is -0.00272. The van der Waals surface area contributed by atoms with Crippen molar-refractivity contribution in [1.29, 1.82) is 0 Å². The minimum absolute atomic E-state index is 0.00272. The number of amides is 2. The van der Waals surface area contributed by atoms with Gasteiger partial charge in [0.25, 0.3) is 5.91 Å². The number of fused-ring (bicyclic) bond motifs is 1. The van der Waals surface area contributed by atoms with Crippen LogP contribution in [0.3, 0.4) is 0 Å². The lowest BCUT2D eigenvalue weighted by Gasteiger charge is -2.41. The Labute approximate surface area is 158 Å². The highest BCUT2D eigenvalue weighted by atomic mass is 32.1. The minimum Gasteiger partial charge on any atom is -0.344 e. The van der Waals surface area contributed by atoms with Crippen molar-refractivity contribution in [1.82, 2.24) is 14.7 Å². The largest absolute Gasteiger partial charge is 0.344 e. The zero-order valence-corrected chi connectivity index (χ0v) is 16.2. The maximum absolute atomic E-state index is 13.0. The van der Waals surface area contributed by atoms with Crippen molar-refractivity contribution in [2.24, 2.45) is 0 Å². The second-order valence-electron chi connectivity index (χ2n) is 7.30. The van der Waals surface area contributed by atoms with Gasteiger partial charge in [0, 0.05) is 44.5 Å². The van der Waals surface area contributed by atoms with E-state index < -0.39 is 0 Å². The highest BCUT2D eigenvalue weighted by Crippen LogP contribution is 2.31. The summed E-state index contributed by atoms with van der Waals surface area (Å²) in [5.74, 6) is 0.367. The van der Waals surface area contributed by atoms with Crippen LogP contribution in [0, 0.1) is 6.92 Å². The van der Waals surface area contributed by atoms with Crippen LogP contribution in [-0.2, 0) is 4.79 Å². The Bertz CT molecular complexity index is 839. The first-order valence-electron chi connectivity index (χ1n) is 9.32. The molecule has 1 atom stereocenters. The number of likely N-dealkylation sites (N-methyl/N-ethyl adjacent to an activating group) is 1. The summed E-state index contributed by atoms with van der Waals surface area (Å²) in [4.78, 5) is 32.4. The Morgan fingerprint density at radius 3 is 2.58 bits per heavy atom. The molecule has 26 heavy (non-hydrogen) atoms. The van der Waals surface area contributed by atoms with Crippen molar-refractivity contribution >= 4 is 33.2 Å². The van der Waals surface area contributed by atoms with Gasteiger partial charge in [-0.05, 0) is 36.8 Å². The molecule has 138 valence electrons. The average molecular weight is 372 g/mol. The van der Waals surface area contributed by atoms with Crippen LogP contribution in [0.1, 0.15) is 28.1 Å². The van der Waals surface area contributed by atoms with Gasteiger partial charge in [-0.1, -0.05) is 18.2 Å². The molecule has 2 amide bonds. The predicted octanol–water partition coefficient (Wildman–Crippen LogP) is 2.59. The first kappa shape index (κ1) is 17.5. The third-order valence-corrected chi connectivity index (χ3v) is 6.97. The highest BCUT2D eigenvalue weighted by molar-refractivity contribution is 7.21. The zero-order chi connectivity index (χ0) is 18.3. The lowest BCUT2D eigenvalue weighted by molar-refractivity contribution is -0.139. The third kappa shape index (κ3) is 3.01.